The van der Waals surface area contributed by atoms with Crippen LogP contribution in [0, 0.1) is 0 Å². The van der Waals surface area contributed by atoms with Gasteiger partial charge in [-0.2, -0.15) is 0 Å². The van der Waals surface area contributed by atoms with E-state index in [1.54, 1.807) is 0 Å². The van der Waals surface area contributed by atoms with Crippen molar-refractivity contribution < 1.29 is 0 Å². The molecule has 0 saturated heterocycles. The molecule has 3 aromatic heterocycles. The van der Waals surface area contributed by atoms with Gasteiger partial charge in [0.05, 0.1) is 33.4 Å². The first-order valence-corrected chi connectivity index (χ1v) is 19.9. The van der Waals surface area contributed by atoms with E-state index in [-0.39, 0.29) is 0 Å². The number of hydrazine groups is 1. The predicted octanol–water partition coefficient (Wildman–Crippen LogP) is 12.2. The highest BCUT2D eigenvalue weighted by atomic mass is 15.5. The van der Waals surface area contributed by atoms with Crippen molar-refractivity contribution in [2.75, 3.05) is 5.01 Å². The maximum atomic E-state index is 5.03. The second kappa shape index (κ2) is 13.4. The SMILES string of the molecule is c1ccc(-c2nc(-c3ccccc3)nc(-c3cccc(-n4c5ccccc5c5cc(N6NCc7c6ccc6c8ccccc8n(-c8ccccc8)c76)ccc54)c3)n2)cc1. The van der Waals surface area contributed by atoms with E-state index in [9.17, 15) is 0 Å². The first kappa shape index (κ1) is 33.3. The molecular weight excluding hydrogens is 723 g/mol. The molecule has 7 nitrogen and oxygen atoms in total. The van der Waals surface area contributed by atoms with Gasteiger partial charge in [0.15, 0.2) is 17.5 Å². The third-order valence-corrected chi connectivity index (χ3v) is 11.6. The Hall–Kier alpha value is -7.87. The minimum Gasteiger partial charge on any atom is -0.309 e. The molecule has 278 valence electrons. The molecule has 1 aliphatic heterocycles. The summed E-state index contributed by atoms with van der Waals surface area (Å²) in [6.45, 7) is 0.720. The maximum Gasteiger partial charge on any atom is 0.164 e. The number of hydrogen-bond donors (Lipinski definition) is 1. The van der Waals surface area contributed by atoms with Crippen molar-refractivity contribution >= 4 is 55.0 Å². The molecule has 1 N–H and O–H groups in total. The van der Waals surface area contributed by atoms with Crippen molar-refractivity contribution in [3.63, 3.8) is 0 Å². The van der Waals surface area contributed by atoms with Crippen LogP contribution in [0.15, 0.2) is 194 Å². The van der Waals surface area contributed by atoms with Crippen molar-refractivity contribution in [3.05, 3.63) is 200 Å². The van der Waals surface area contributed by atoms with Crippen LogP contribution in [0.4, 0.5) is 11.4 Å². The van der Waals surface area contributed by atoms with E-state index in [2.05, 4.69) is 153 Å². The largest absolute Gasteiger partial charge is 0.309 e. The Morgan fingerprint density at radius 2 is 0.915 bits per heavy atom. The molecule has 7 heteroatoms. The molecule has 0 bridgehead atoms. The average molecular weight is 758 g/mol. The molecule has 0 unspecified atom stereocenters. The topological polar surface area (TPSA) is 63.8 Å². The molecule has 0 saturated carbocycles. The van der Waals surface area contributed by atoms with Crippen LogP contribution >= 0.6 is 0 Å². The zero-order valence-corrected chi connectivity index (χ0v) is 31.9. The Kier molecular flexibility index (Phi) is 7.54. The average Bonchev–Trinajstić information content (AvgIpc) is 4.00. The highest BCUT2D eigenvalue weighted by Crippen LogP contribution is 2.43. The number of nitrogens with one attached hydrogen (secondary N) is 1. The van der Waals surface area contributed by atoms with Crippen LogP contribution in [-0.4, -0.2) is 24.1 Å². The smallest absolute Gasteiger partial charge is 0.164 e. The van der Waals surface area contributed by atoms with Crippen LogP contribution in [0.25, 0.3) is 89.2 Å². The number of para-hydroxylation sites is 3. The summed E-state index contributed by atoms with van der Waals surface area (Å²) < 4.78 is 4.77. The molecule has 8 aromatic carbocycles. The van der Waals surface area contributed by atoms with Crippen molar-refractivity contribution in [2.45, 2.75) is 6.54 Å². The van der Waals surface area contributed by atoms with E-state index in [0.29, 0.717) is 17.5 Å². The van der Waals surface area contributed by atoms with Crippen molar-refractivity contribution in [3.8, 4) is 45.5 Å². The highest BCUT2D eigenvalue weighted by molar-refractivity contribution is 6.13. The number of benzene rings is 8. The molecule has 0 radical (unpaired) electrons. The lowest BCUT2D eigenvalue weighted by atomic mass is 10.1. The van der Waals surface area contributed by atoms with E-state index in [1.807, 2.05) is 60.7 Å². The second-order valence-corrected chi connectivity index (χ2v) is 15.0. The van der Waals surface area contributed by atoms with Gasteiger partial charge in [0.25, 0.3) is 0 Å². The van der Waals surface area contributed by atoms with Crippen molar-refractivity contribution in [1.82, 2.24) is 29.5 Å². The van der Waals surface area contributed by atoms with E-state index in [4.69, 9.17) is 15.0 Å². The van der Waals surface area contributed by atoms with Gasteiger partial charge in [-0.25, -0.2) is 20.4 Å². The van der Waals surface area contributed by atoms with Crippen LogP contribution in [0.2, 0.25) is 0 Å². The first-order valence-electron chi connectivity index (χ1n) is 19.9. The van der Waals surface area contributed by atoms with Gasteiger partial charge in [0.1, 0.15) is 0 Å². The standard InChI is InChI=1S/C52H35N7/c1-4-15-34(16-5-1)50-54-51(35-17-6-2-7-18-35)56-52(55-50)36-19-14-22-38(31-36)57-45-25-12-11-24-41(45)43-32-39(27-29-47(43)57)59-48-30-28-42-40-23-10-13-26-46(40)58(37-20-8-3-9-21-37)49(42)44(48)33-53-59/h1-32,53H,33H2. The zero-order chi connectivity index (χ0) is 38.9. The quantitative estimate of drug-likeness (QED) is 0.183. The summed E-state index contributed by atoms with van der Waals surface area (Å²) in [6, 6.07) is 68.2. The van der Waals surface area contributed by atoms with Gasteiger partial charge < -0.3 is 9.13 Å². The van der Waals surface area contributed by atoms with Crippen molar-refractivity contribution in [1.29, 1.82) is 0 Å². The molecule has 0 spiro atoms. The molecule has 59 heavy (non-hydrogen) atoms. The molecule has 0 fully saturated rings. The molecule has 1 aliphatic rings. The van der Waals surface area contributed by atoms with Gasteiger partial charge in [-0.1, -0.05) is 133 Å². The van der Waals surface area contributed by atoms with Crippen LogP contribution in [0.3, 0.4) is 0 Å². The number of fused-ring (bicyclic) bond motifs is 8. The summed E-state index contributed by atoms with van der Waals surface area (Å²) in [5, 5.41) is 7.14. The monoisotopic (exact) mass is 757 g/mol. The van der Waals surface area contributed by atoms with Crippen LogP contribution in [0.1, 0.15) is 5.56 Å². The fraction of sp³-hybridized carbons (Fsp3) is 0.0192. The molecule has 4 heterocycles. The van der Waals surface area contributed by atoms with Gasteiger partial charge in [-0.05, 0) is 60.7 Å². The Bertz CT molecular complexity index is 3330. The maximum absolute atomic E-state index is 5.03. The van der Waals surface area contributed by atoms with Crippen LogP contribution < -0.4 is 10.4 Å². The minimum absolute atomic E-state index is 0.627. The van der Waals surface area contributed by atoms with E-state index >= 15 is 0 Å². The summed E-state index contributed by atoms with van der Waals surface area (Å²) in [5.74, 6) is 1.91. The van der Waals surface area contributed by atoms with Gasteiger partial charge in [-0.15, -0.1) is 0 Å². The fourth-order valence-corrected chi connectivity index (χ4v) is 8.92. The lowest BCUT2D eigenvalue weighted by Crippen LogP contribution is -2.26. The highest BCUT2D eigenvalue weighted by Gasteiger charge is 2.27. The minimum atomic E-state index is 0.627. The lowest BCUT2D eigenvalue weighted by molar-refractivity contribution is 0.766. The number of anilines is 2. The Labute approximate surface area is 340 Å². The second-order valence-electron chi connectivity index (χ2n) is 15.0. The third-order valence-electron chi connectivity index (χ3n) is 11.6. The van der Waals surface area contributed by atoms with Gasteiger partial charge in [-0.3, -0.25) is 5.01 Å². The molecule has 0 amide bonds. The Morgan fingerprint density at radius 1 is 0.373 bits per heavy atom. The number of rotatable bonds is 6. The summed E-state index contributed by atoms with van der Waals surface area (Å²) in [7, 11) is 0. The molecule has 0 aliphatic carbocycles. The summed E-state index contributed by atoms with van der Waals surface area (Å²) in [5.41, 5.74) is 17.0. The molecule has 0 atom stereocenters. The third kappa shape index (κ3) is 5.36. The van der Waals surface area contributed by atoms with Crippen LogP contribution in [0.5, 0.6) is 0 Å². The van der Waals surface area contributed by atoms with Crippen LogP contribution in [-0.2, 0) is 6.54 Å². The van der Waals surface area contributed by atoms with Gasteiger partial charge in [0, 0.05) is 61.7 Å². The van der Waals surface area contributed by atoms with E-state index in [1.165, 1.54) is 38.1 Å². The number of aromatic nitrogens is 5. The normalized spacial score (nSPS) is 12.6. The predicted molar refractivity (Wildman–Crippen MR) is 240 cm³/mol. The summed E-state index contributed by atoms with van der Waals surface area (Å²) >= 11 is 0. The van der Waals surface area contributed by atoms with E-state index < -0.39 is 0 Å². The van der Waals surface area contributed by atoms with E-state index in [0.717, 1.165) is 57.0 Å². The first-order chi connectivity index (χ1) is 29.3. The van der Waals surface area contributed by atoms with Gasteiger partial charge >= 0.3 is 0 Å². The summed E-state index contributed by atoms with van der Waals surface area (Å²) in [4.78, 5) is 15.0. The Morgan fingerprint density at radius 3 is 1.61 bits per heavy atom. The molecular formula is C52H35N7. The zero-order valence-electron chi connectivity index (χ0n) is 31.9. The fourth-order valence-electron chi connectivity index (χ4n) is 8.92. The van der Waals surface area contributed by atoms with Gasteiger partial charge in [0.2, 0.25) is 0 Å². The van der Waals surface area contributed by atoms with Crippen molar-refractivity contribution in [2.24, 2.45) is 0 Å². The number of hydrogen-bond acceptors (Lipinski definition) is 5. The Balaban J connectivity index is 0.983. The summed E-state index contributed by atoms with van der Waals surface area (Å²) in [6.07, 6.45) is 0. The molecule has 12 rings (SSSR count). The number of nitrogens with zero attached hydrogens (tertiary/aromatic N) is 6. The lowest BCUT2D eigenvalue weighted by Gasteiger charge is -2.20. The molecule has 11 aromatic rings.